The van der Waals surface area contributed by atoms with Gasteiger partial charge in [0, 0.05) is 21.2 Å². The van der Waals surface area contributed by atoms with E-state index in [0.29, 0.717) is 39.0 Å². The standard InChI is InChI=1S/C32H28ClN3O5S/c1-40-25-14-11-21(12-15-25)17-28(36-31(38)22-7-4-3-5-8-22)32(39)34-24-9-6-10-26(19-24)42-20-30(37)35-27-18-23(33)13-16-29(27)41-2/h3-19H,20H2,1-2H3,(H,34,39)(H,35,37)(H,36,38)/b28-17+. The second-order valence-electron chi connectivity index (χ2n) is 8.81. The number of methoxy groups -OCH3 is 2. The van der Waals surface area contributed by atoms with Crippen LogP contribution in [-0.4, -0.2) is 37.7 Å². The molecular formula is C32H28ClN3O5S. The Kier molecular flexibility index (Phi) is 10.6. The van der Waals surface area contributed by atoms with Crippen molar-refractivity contribution in [1.82, 2.24) is 5.32 Å². The fraction of sp³-hybridized carbons (Fsp3) is 0.0938. The van der Waals surface area contributed by atoms with E-state index in [4.69, 9.17) is 21.1 Å². The zero-order chi connectivity index (χ0) is 29.9. The largest absolute Gasteiger partial charge is 0.497 e. The van der Waals surface area contributed by atoms with Crippen molar-refractivity contribution in [3.8, 4) is 11.5 Å². The van der Waals surface area contributed by atoms with Crippen LogP contribution in [0.2, 0.25) is 5.02 Å². The van der Waals surface area contributed by atoms with Crippen LogP contribution >= 0.6 is 23.4 Å². The molecule has 8 nitrogen and oxygen atoms in total. The quantitative estimate of drug-likeness (QED) is 0.134. The minimum Gasteiger partial charge on any atom is -0.497 e. The zero-order valence-corrected chi connectivity index (χ0v) is 24.4. The normalized spacial score (nSPS) is 10.9. The molecule has 0 heterocycles. The first-order valence-corrected chi connectivity index (χ1v) is 14.1. The number of hydrogen-bond donors (Lipinski definition) is 3. The summed E-state index contributed by atoms with van der Waals surface area (Å²) in [6, 6.07) is 27.8. The van der Waals surface area contributed by atoms with E-state index in [1.165, 1.54) is 18.9 Å². The number of carbonyl (C=O) groups is 3. The lowest BCUT2D eigenvalue weighted by atomic mass is 10.1. The van der Waals surface area contributed by atoms with E-state index in [9.17, 15) is 14.4 Å². The number of ether oxygens (including phenoxy) is 2. The van der Waals surface area contributed by atoms with E-state index in [2.05, 4.69) is 16.0 Å². The van der Waals surface area contributed by atoms with Crippen molar-refractivity contribution in [3.63, 3.8) is 0 Å². The molecule has 214 valence electrons. The number of rotatable bonds is 11. The molecule has 42 heavy (non-hydrogen) atoms. The Morgan fingerprint density at radius 1 is 0.833 bits per heavy atom. The fourth-order valence-electron chi connectivity index (χ4n) is 3.78. The lowest BCUT2D eigenvalue weighted by Crippen LogP contribution is -2.30. The SMILES string of the molecule is COc1ccc(/C=C(/NC(=O)c2ccccc2)C(=O)Nc2cccc(SCC(=O)Nc3cc(Cl)ccc3OC)c2)cc1. The van der Waals surface area contributed by atoms with E-state index < -0.39 is 11.8 Å². The van der Waals surface area contributed by atoms with Crippen molar-refractivity contribution in [3.05, 3.63) is 119 Å². The molecule has 0 spiro atoms. The molecule has 0 bridgehead atoms. The van der Waals surface area contributed by atoms with Gasteiger partial charge in [0.2, 0.25) is 5.91 Å². The highest BCUT2D eigenvalue weighted by atomic mass is 35.5. The number of nitrogens with one attached hydrogen (secondary N) is 3. The molecule has 0 aliphatic heterocycles. The summed E-state index contributed by atoms with van der Waals surface area (Å²) in [4.78, 5) is 39.6. The maximum absolute atomic E-state index is 13.4. The molecule has 0 aliphatic rings. The van der Waals surface area contributed by atoms with Crippen molar-refractivity contribution >= 4 is 58.5 Å². The molecule has 0 saturated carbocycles. The average Bonchev–Trinajstić information content (AvgIpc) is 3.01. The molecule has 0 saturated heterocycles. The van der Waals surface area contributed by atoms with E-state index in [-0.39, 0.29) is 17.4 Å². The molecule has 0 atom stereocenters. The third kappa shape index (κ3) is 8.63. The Hall–Kier alpha value is -4.73. The summed E-state index contributed by atoms with van der Waals surface area (Å²) in [7, 11) is 3.08. The van der Waals surface area contributed by atoms with Crippen LogP contribution in [0, 0.1) is 0 Å². The van der Waals surface area contributed by atoms with Crippen molar-refractivity contribution in [1.29, 1.82) is 0 Å². The molecule has 4 aromatic carbocycles. The third-order valence-corrected chi connectivity index (χ3v) is 7.08. The second-order valence-corrected chi connectivity index (χ2v) is 10.3. The Labute approximate surface area is 253 Å². The highest BCUT2D eigenvalue weighted by molar-refractivity contribution is 8.00. The monoisotopic (exact) mass is 601 g/mol. The Morgan fingerprint density at radius 3 is 2.31 bits per heavy atom. The first-order valence-electron chi connectivity index (χ1n) is 12.7. The van der Waals surface area contributed by atoms with Gasteiger partial charge in [0.05, 0.1) is 25.7 Å². The van der Waals surface area contributed by atoms with Crippen LogP contribution in [0.25, 0.3) is 6.08 Å². The van der Waals surface area contributed by atoms with Gasteiger partial charge in [-0.05, 0) is 72.3 Å². The summed E-state index contributed by atoms with van der Waals surface area (Å²) in [6.45, 7) is 0. The van der Waals surface area contributed by atoms with Crippen LogP contribution in [0.4, 0.5) is 11.4 Å². The summed E-state index contributed by atoms with van der Waals surface area (Å²) in [6.07, 6.45) is 1.59. The molecule has 4 aromatic rings. The van der Waals surface area contributed by atoms with Gasteiger partial charge in [-0.3, -0.25) is 14.4 Å². The number of thioether (sulfide) groups is 1. The predicted molar refractivity (Wildman–Crippen MR) is 167 cm³/mol. The van der Waals surface area contributed by atoms with Crippen LogP contribution in [0.5, 0.6) is 11.5 Å². The van der Waals surface area contributed by atoms with E-state index >= 15 is 0 Å². The van der Waals surface area contributed by atoms with Crippen LogP contribution in [0.1, 0.15) is 15.9 Å². The number of hydrogen-bond acceptors (Lipinski definition) is 6. The summed E-state index contributed by atoms with van der Waals surface area (Å²) in [5, 5.41) is 8.84. The van der Waals surface area contributed by atoms with Crippen molar-refractivity contribution in [2.45, 2.75) is 4.90 Å². The van der Waals surface area contributed by atoms with Crippen molar-refractivity contribution in [2.75, 3.05) is 30.6 Å². The number of halogens is 1. The number of carbonyl (C=O) groups excluding carboxylic acids is 3. The van der Waals surface area contributed by atoms with Gasteiger partial charge < -0.3 is 25.4 Å². The van der Waals surface area contributed by atoms with Crippen molar-refractivity contribution < 1.29 is 23.9 Å². The number of amides is 3. The lowest BCUT2D eigenvalue weighted by Gasteiger charge is -2.13. The molecule has 0 aromatic heterocycles. The molecule has 0 fully saturated rings. The van der Waals surface area contributed by atoms with Gasteiger partial charge in [-0.15, -0.1) is 11.8 Å². The van der Waals surface area contributed by atoms with E-state index in [0.717, 1.165) is 4.90 Å². The minimum absolute atomic E-state index is 0.0573. The topological polar surface area (TPSA) is 106 Å². The number of benzene rings is 4. The minimum atomic E-state index is -0.511. The van der Waals surface area contributed by atoms with E-state index in [1.54, 1.807) is 104 Å². The average molecular weight is 602 g/mol. The summed E-state index contributed by atoms with van der Waals surface area (Å²) in [5.74, 6) is 0.105. The van der Waals surface area contributed by atoms with Gasteiger partial charge in [-0.2, -0.15) is 0 Å². The van der Waals surface area contributed by atoms with Crippen LogP contribution in [-0.2, 0) is 9.59 Å². The van der Waals surface area contributed by atoms with Gasteiger partial charge in [-0.1, -0.05) is 48.0 Å². The van der Waals surface area contributed by atoms with Gasteiger partial charge in [0.25, 0.3) is 11.8 Å². The van der Waals surface area contributed by atoms with Crippen LogP contribution < -0.4 is 25.4 Å². The highest BCUT2D eigenvalue weighted by Crippen LogP contribution is 2.28. The Balaban J connectivity index is 1.45. The van der Waals surface area contributed by atoms with Gasteiger partial charge in [0.1, 0.15) is 17.2 Å². The second kappa shape index (κ2) is 14.8. The lowest BCUT2D eigenvalue weighted by molar-refractivity contribution is -0.114. The molecule has 3 N–H and O–H groups in total. The Bertz CT molecular complexity index is 1590. The highest BCUT2D eigenvalue weighted by Gasteiger charge is 2.16. The molecule has 10 heteroatoms. The van der Waals surface area contributed by atoms with Gasteiger partial charge in [0.15, 0.2) is 0 Å². The smallest absolute Gasteiger partial charge is 0.272 e. The van der Waals surface area contributed by atoms with E-state index in [1.807, 2.05) is 6.07 Å². The molecule has 0 radical (unpaired) electrons. The molecule has 0 unspecified atom stereocenters. The van der Waals surface area contributed by atoms with Crippen LogP contribution in [0.3, 0.4) is 0 Å². The molecule has 0 aliphatic carbocycles. The third-order valence-electron chi connectivity index (χ3n) is 5.85. The predicted octanol–water partition coefficient (Wildman–Crippen LogP) is 6.50. The zero-order valence-electron chi connectivity index (χ0n) is 22.8. The fourth-order valence-corrected chi connectivity index (χ4v) is 4.71. The molecule has 4 rings (SSSR count). The summed E-state index contributed by atoms with van der Waals surface area (Å²) < 4.78 is 10.5. The Morgan fingerprint density at radius 2 is 1.60 bits per heavy atom. The number of anilines is 2. The first-order chi connectivity index (χ1) is 20.3. The first kappa shape index (κ1) is 30.2. The van der Waals surface area contributed by atoms with Gasteiger partial charge in [-0.25, -0.2) is 0 Å². The van der Waals surface area contributed by atoms with Gasteiger partial charge >= 0.3 is 0 Å². The molecule has 3 amide bonds. The molecular weight excluding hydrogens is 574 g/mol. The summed E-state index contributed by atoms with van der Waals surface area (Å²) in [5.41, 5.74) is 2.14. The van der Waals surface area contributed by atoms with Crippen LogP contribution in [0.15, 0.2) is 108 Å². The maximum atomic E-state index is 13.4. The van der Waals surface area contributed by atoms with Crippen molar-refractivity contribution in [2.24, 2.45) is 0 Å². The summed E-state index contributed by atoms with van der Waals surface area (Å²) >= 11 is 7.34. The maximum Gasteiger partial charge on any atom is 0.272 e.